The van der Waals surface area contributed by atoms with Gasteiger partial charge in [0.2, 0.25) is 5.91 Å². The van der Waals surface area contributed by atoms with E-state index in [-0.39, 0.29) is 17.9 Å². The molecule has 0 unspecified atom stereocenters. The Hall–Kier alpha value is -2.96. The van der Waals surface area contributed by atoms with Gasteiger partial charge in [-0.1, -0.05) is 6.07 Å². The van der Waals surface area contributed by atoms with E-state index in [9.17, 15) is 9.59 Å². The summed E-state index contributed by atoms with van der Waals surface area (Å²) >= 11 is 0. The van der Waals surface area contributed by atoms with Crippen LogP contribution in [0.3, 0.4) is 0 Å². The van der Waals surface area contributed by atoms with Crippen LogP contribution in [0.2, 0.25) is 0 Å². The maximum absolute atomic E-state index is 12.6. The minimum Gasteiger partial charge on any atom is -0.486 e. The van der Waals surface area contributed by atoms with E-state index in [0.717, 1.165) is 28.1 Å². The molecule has 3 rings (SSSR count). The Labute approximate surface area is 177 Å². The average Bonchev–Trinajstić information content (AvgIpc) is 2.94. The largest absolute Gasteiger partial charge is 0.486 e. The highest BCUT2D eigenvalue weighted by atomic mass is 16.6. The van der Waals surface area contributed by atoms with Crippen LogP contribution < -0.4 is 14.8 Å². The number of fused-ring (bicyclic) bond motifs is 1. The summed E-state index contributed by atoms with van der Waals surface area (Å²) < 4.78 is 18.2. The quantitative estimate of drug-likeness (QED) is 0.703. The molecule has 0 radical (unpaired) electrons. The third-order valence-corrected chi connectivity index (χ3v) is 5.60. The average molecular weight is 415 g/mol. The van der Waals surface area contributed by atoms with Crippen molar-refractivity contribution in [3.05, 3.63) is 46.3 Å². The van der Waals surface area contributed by atoms with Crippen molar-refractivity contribution in [1.82, 2.24) is 9.88 Å². The second kappa shape index (κ2) is 9.24. The Balaban J connectivity index is 1.63. The molecule has 162 valence electrons. The first-order valence-electron chi connectivity index (χ1n) is 10.3. The maximum atomic E-state index is 12.6. The summed E-state index contributed by atoms with van der Waals surface area (Å²) in [5.41, 5.74) is 4.38. The molecule has 0 saturated heterocycles. The minimum absolute atomic E-state index is 0.0438. The van der Waals surface area contributed by atoms with Gasteiger partial charge in [0.05, 0.1) is 12.6 Å². The van der Waals surface area contributed by atoms with Gasteiger partial charge >= 0.3 is 5.97 Å². The summed E-state index contributed by atoms with van der Waals surface area (Å²) in [7, 11) is 1.85. The van der Waals surface area contributed by atoms with Gasteiger partial charge in [-0.2, -0.15) is 0 Å². The van der Waals surface area contributed by atoms with E-state index in [1.165, 1.54) is 0 Å². The van der Waals surface area contributed by atoms with Crippen LogP contribution in [0.15, 0.2) is 18.2 Å². The third kappa shape index (κ3) is 4.45. The zero-order chi connectivity index (χ0) is 21.8. The fourth-order valence-corrected chi connectivity index (χ4v) is 3.86. The van der Waals surface area contributed by atoms with Crippen molar-refractivity contribution in [3.63, 3.8) is 0 Å². The molecule has 0 saturated carbocycles. The number of amides is 1. The summed E-state index contributed by atoms with van der Waals surface area (Å²) in [6.45, 7) is 9.01. The molecule has 1 amide bonds. The standard InChI is InChI=1S/C23H30N2O5/c1-6-28-23(27)22-14(2)18(16(4)25(22)5)8-10-21(26)24-15(3)17-7-9-19-20(13-17)30-12-11-29-19/h7,9,13,15H,6,8,10-12H2,1-5H3,(H,24,26)/t15-/m1/s1. The molecule has 1 aromatic carbocycles. The highest BCUT2D eigenvalue weighted by molar-refractivity contribution is 5.90. The fraction of sp³-hybridized carbons (Fsp3) is 0.478. The van der Waals surface area contributed by atoms with Gasteiger partial charge in [-0.25, -0.2) is 4.79 Å². The summed E-state index contributed by atoms with van der Waals surface area (Å²) in [4.78, 5) is 24.8. The molecule has 0 aliphatic carbocycles. The molecule has 1 aliphatic heterocycles. The molecule has 7 heteroatoms. The number of aromatic nitrogens is 1. The molecule has 0 bridgehead atoms. The topological polar surface area (TPSA) is 78.8 Å². The van der Waals surface area contributed by atoms with E-state index < -0.39 is 0 Å². The van der Waals surface area contributed by atoms with Crippen LogP contribution >= 0.6 is 0 Å². The Morgan fingerprint density at radius 3 is 2.60 bits per heavy atom. The number of hydrogen-bond acceptors (Lipinski definition) is 5. The molecule has 2 heterocycles. The molecule has 1 atom stereocenters. The molecular formula is C23H30N2O5. The van der Waals surface area contributed by atoms with E-state index in [2.05, 4.69) is 5.32 Å². The van der Waals surface area contributed by atoms with Gasteiger partial charge < -0.3 is 24.1 Å². The summed E-state index contributed by atoms with van der Waals surface area (Å²) in [6.07, 6.45) is 0.896. The van der Waals surface area contributed by atoms with Crippen molar-refractivity contribution in [2.24, 2.45) is 7.05 Å². The molecule has 0 spiro atoms. The molecule has 2 aromatic rings. The Kier molecular flexibility index (Phi) is 6.70. The lowest BCUT2D eigenvalue weighted by Gasteiger charge is -2.21. The van der Waals surface area contributed by atoms with Crippen LogP contribution in [0.5, 0.6) is 11.5 Å². The van der Waals surface area contributed by atoms with Gasteiger partial charge in [0.25, 0.3) is 0 Å². The smallest absolute Gasteiger partial charge is 0.355 e. The Morgan fingerprint density at radius 1 is 1.20 bits per heavy atom. The van der Waals surface area contributed by atoms with Crippen molar-refractivity contribution in [3.8, 4) is 11.5 Å². The van der Waals surface area contributed by atoms with E-state index in [1.54, 1.807) is 6.92 Å². The Morgan fingerprint density at radius 2 is 1.90 bits per heavy atom. The SMILES string of the molecule is CCOC(=O)c1c(C)c(CCC(=O)N[C@H](C)c2ccc3c(c2)OCCO3)c(C)n1C. The summed E-state index contributed by atoms with van der Waals surface area (Å²) in [5, 5.41) is 3.04. The zero-order valence-corrected chi connectivity index (χ0v) is 18.3. The number of nitrogens with one attached hydrogen (secondary N) is 1. The number of esters is 1. The molecule has 0 fully saturated rings. The first kappa shape index (κ1) is 21.7. The number of rotatable bonds is 7. The van der Waals surface area contributed by atoms with Crippen molar-refractivity contribution in [1.29, 1.82) is 0 Å². The maximum Gasteiger partial charge on any atom is 0.355 e. The van der Waals surface area contributed by atoms with Gasteiger partial charge in [-0.15, -0.1) is 0 Å². The van der Waals surface area contributed by atoms with E-state index in [4.69, 9.17) is 14.2 Å². The van der Waals surface area contributed by atoms with Gasteiger partial charge in [0.1, 0.15) is 18.9 Å². The monoisotopic (exact) mass is 414 g/mol. The van der Waals surface area contributed by atoms with Crippen molar-refractivity contribution < 1.29 is 23.8 Å². The minimum atomic E-state index is -0.330. The van der Waals surface area contributed by atoms with Crippen LogP contribution in [0.25, 0.3) is 0 Å². The number of benzene rings is 1. The van der Waals surface area contributed by atoms with Crippen LogP contribution in [0.1, 0.15) is 59.2 Å². The highest BCUT2D eigenvalue weighted by Gasteiger charge is 2.22. The van der Waals surface area contributed by atoms with Crippen LogP contribution in [0, 0.1) is 13.8 Å². The van der Waals surface area contributed by atoms with E-state index in [1.807, 2.05) is 50.6 Å². The normalized spacial score (nSPS) is 13.6. The van der Waals surface area contributed by atoms with E-state index >= 15 is 0 Å². The predicted octanol–water partition coefficient (Wildman–Crippen LogP) is 3.40. The number of hydrogen-bond donors (Lipinski definition) is 1. The van der Waals surface area contributed by atoms with Crippen molar-refractivity contribution >= 4 is 11.9 Å². The van der Waals surface area contributed by atoms with Crippen LogP contribution in [-0.2, 0) is 23.0 Å². The highest BCUT2D eigenvalue weighted by Crippen LogP contribution is 2.32. The summed E-state index contributed by atoms with van der Waals surface area (Å²) in [6, 6.07) is 5.58. The molecule has 1 N–H and O–H groups in total. The number of carbonyl (C=O) groups excluding carboxylic acids is 2. The second-order valence-corrected chi connectivity index (χ2v) is 7.51. The lowest BCUT2D eigenvalue weighted by molar-refractivity contribution is -0.121. The lowest BCUT2D eigenvalue weighted by atomic mass is 10.0. The molecule has 7 nitrogen and oxygen atoms in total. The van der Waals surface area contributed by atoms with Crippen LogP contribution in [-0.4, -0.2) is 36.3 Å². The molecule has 1 aromatic heterocycles. The second-order valence-electron chi connectivity index (χ2n) is 7.51. The van der Waals surface area contributed by atoms with Crippen LogP contribution in [0.4, 0.5) is 0 Å². The van der Waals surface area contributed by atoms with Gasteiger partial charge in [-0.05, 0) is 62.9 Å². The lowest BCUT2D eigenvalue weighted by Crippen LogP contribution is -2.27. The number of carbonyl (C=O) groups is 2. The Bertz CT molecular complexity index is 948. The van der Waals surface area contributed by atoms with Gasteiger partial charge in [0.15, 0.2) is 11.5 Å². The van der Waals surface area contributed by atoms with E-state index in [0.29, 0.717) is 44.1 Å². The third-order valence-electron chi connectivity index (χ3n) is 5.60. The number of nitrogens with zero attached hydrogens (tertiary/aromatic N) is 1. The molecule has 1 aliphatic rings. The molecule has 30 heavy (non-hydrogen) atoms. The van der Waals surface area contributed by atoms with Gasteiger partial charge in [-0.3, -0.25) is 4.79 Å². The van der Waals surface area contributed by atoms with Crippen molar-refractivity contribution in [2.45, 2.75) is 46.6 Å². The zero-order valence-electron chi connectivity index (χ0n) is 18.3. The number of ether oxygens (including phenoxy) is 3. The summed E-state index contributed by atoms with van der Waals surface area (Å²) in [5.74, 6) is 1.07. The first-order chi connectivity index (χ1) is 14.3. The van der Waals surface area contributed by atoms with Gasteiger partial charge in [0, 0.05) is 19.2 Å². The van der Waals surface area contributed by atoms with Crippen molar-refractivity contribution in [2.75, 3.05) is 19.8 Å². The fourth-order valence-electron chi connectivity index (χ4n) is 3.86. The molecular weight excluding hydrogens is 384 g/mol. The predicted molar refractivity (Wildman–Crippen MR) is 113 cm³/mol. The first-order valence-corrected chi connectivity index (χ1v) is 10.3.